The van der Waals surface area contributed by atoms with Gasteiger partial charge in [0.25, 0.3) is 0 Å². The van der Waals surface area contributed by atoms with Gasteiger partial charge >= 0.3 is 0 Å². The topological polar surface area (TPSA) is 12.0 Å². The molecule has 1 nitrogen and oxygen atoms in total. The van der Waals surface area contributed by atoms with Gasteiger partial charge in [-0.05, 0) is 48.7 Å². The normalized spacial score (nSPS) is 14.0. The molecular weight excluding hydrogens is 256 g/mol. The highest BCUT2D eigenvalue weighted by molar-refractivity contribution is 5.23. The summed E-state index contributed by atoms with van der Waals surface area (Å²) >= 11 is 0. The van der Waals surface area contributed by atoms with E-state index in [4.69, 9.17) is 0 Å². The summed E-state index contributed by atoms with van der Waals surface area (Å²) < 4.78 is 26.2. The predicted molar refractivity (Wildman–Crippen MR) is 77.4 cm³/mol. The first kappa shape index (κ1) is 14.7. The lowest BCUT2D eigenvalue weighted by molar-refractivity contribution is 0.454. The van der Waals surface area contributed by atoms with Crippen LogP contribution in [0, 0.1) is 11.6 Å². The highest BCUT2D eigenvalue weighted by Crippen LogP contribution is 2.22. The Morgan fingerprint density at radius 2 is 1.65 bits per heavy atom. The Hall–Kier alpha value is -1.74. The van der Waals surface area contributed by atoms with Gasteiger partial charge in [-0.15, -0.1) is 0 Å². The van der Waals surface area contributed by atoms with Gasteiger partial charge in [0.2, 0.25) is 0 Å². The predicted octanol–water partition coefficient (Wildman–Crippen LogP) is 4.77. The van der Waals surface area contributed by atoms with E-state index < -0.39 is 0 Å². The van der Waals surface area contributed by atoms with Crippen molar-refractivity contribution in [1.29, 1.82) is 0 Å². The average Bonchev–Trinajstić information content (AvgIpc) is 2.45. The van der Waals surface area contributed by atoms with Crippen molar-refractivity contribution in [3.63, 3.8) is 0 Å². The van der Waals surface area contributed by atoms with Crippen LogP contribution in [0.2, 0.25) is 0 Å². The van der Waals surface area contributed by atoms with E-state index in [9.17, 15) is 8.78 Å². The van der Waals surface area contributed by atoms with E-state index in [0.717, 1.165) is 17.5 Å². The molecule has 0 heterocycles. The lowest BCUT2D eigenvalue weighted by Gasteiger charge is -2.23. The van der Waals surface area contributed by atoms with Crippen molar-refractivity contribution in [2.45, 2.75) is 32.4 Å². The highest BCUT2D eigenvalue weighted by Gasteiger charge is 2.14. The minimum Gasteiger partial charge on any atom is -0.303 e. The molecule has 0 aliphatic rings. The van der Waals surface area contributed by atoms with E-state index in [2.05, 4.69) is 12.2 Å². The molecule has 0 saturated heterocycles. The minimum atomic E-state index is -0.234. The quantitative estimate of drug-likeness (QED) is 0.829. The smallest absolute Gasteiger partial charge is 0.123 e. The lowest BCUT2D eigenvalue weighted by Crippen LogP contribution is -2.24. The Labute approximate surface area is 118 Å². The van der Waals surface area contributed by atoms with Crippen molar-refractivity contribution in [1.82, 2.24) is 5.32 Å². The van der Waals surface area contributed by atoms with Gasteiger partial charge < -0.3 is 5.32 Å². The van der Waals surface area contributed by atoms with E-state index in [1.54, 1.807) is 18.2 Å². The van der Waals surface area contributed by atoms with Crippen molar-refractivity contribution < 1.29 is 8.78 Å². The van der Waals surface area contributed by atoms with Crippen LogP contribution in [0.5, 0.6) is 0 Å². The molecular formula is C17H19F2N. The summed E-state index contributed by atoms with van der Waals surface area (Å²) in [4.78, 5) is 0. The van der Waals surface area contributed by atoms with Crippen LogP contribution in [0.4, 0.5) is 8.78 Å². The molecule has 0 radical (unpaired) electrons. The zero-order chi connectivity index (χ0) is 14.5. The van der Waals surface area contributed by atoms with Gasteiger partial charge in [0.05, 0.1) is 0 Å². The van der Waals surface area contributed by atoms with Crippen molar-refractivity contribution in [3.05, 3.63) is 71.3 Å². The molecule has 2 rings (SSSR count). The Morgan fingerprint density at radius 3 is 2.25 bits per heavy atom. The van der Waals surface area contributed by atoms with Crippen LogP contribution in [0.3, 0.4) is 0 Å². The van der Waals surface area contributed by atoms with Crippen LogP contribution >= 0.6 is 0 Å². The van der Waals surface area contributed by atoms with Gasteiger partial charge in [-0.3, -0.25) is 0 Å². The Morgan fingerprint density at radius 1 is 0.950 bits per heavy atom. The molecule has 1 N–H and O–H groups in total. The van der Waals surface area contributed by atoms with E-state index in [1.165, 1.54) is 24.3 Å². The standard InChI is InChI=1S/C17H19F2N/c1-3-17(13-7-9-15(18)10-8-13)20-12(2)14-5-4-6-16(19)11-14/h4-12,17,20H,3H2,1-2H3. The third-order valence-electron chi connectivity index (χ3n) is 3.48. The first-order valence-electron chi connectivity index (χ1n) is 6.87. The summed E-state index contributed by atoms with van der Waals surface area (Å²) in [5, 5.41) is 3.46. The van der Waals surface area contributed by atoms with Crippen molar-refractivity contribution >= 4 is 0 Å². The van der Waals surface area contributed by atoms with E-state index >= 15 is 0 Å². The second-order valence-electron chi connectivity index (χ2n) is 4.96. The fraction of sp³-hybridized carbons (Fsp3) is 0.294. The Bertz CT molecular complexity index is 551. The first-order chi connectivity index (χ1) is 9.60. The molecule has 0 saturated carbocycles. The molecule has 2 unspecified atom stereocenters. The van der Waals surface area contributed by atoms with Gasteiger partial charge in [0.15, 0.2) is 0 Å². The third-order valence-corrected chi connectivity index (χ3v) is 3.48. The van der Waals surface area contributed by atoms with Crippen LogP contribution in [-0.2, 0) is 0 Å². The Balaban J connectivity index is 2.11. The second-order valence-corrected chi connectivity index (χ2v) is 4.96. The first-order valence-corrected chi connectivity index (χ1v) is 6.87. The van der Waals surface area contributed by atoms with Crippen molar-refractivity contribution in [3.8, 4) is 0 Å². The summed E-state index contributed by atoms with van der Waals surface area (Å²) in [6.45, 7) is 4.07. The highest BCUT2D eigenvalue weighted by atomic mass is 19.1. The zero-order valence-corrected chi connectivity index (χ0v) is 11.7. The van der Waals surface area contributed by atoms with Crippen LogP contribution in [-0.4, -0.2) is 0 Å². The largest absolute Gasteiger partial charge is 0.303 e. The number of halogens is 2. The summed E-state index contributed by atoms with van der Waals surface area (Å²) in [6.07, 6.45) is 0.880. The maximum absolute atomic E-state index is 13.2. The maximum atomic E-state index is 13.2. The molecule has 0 spiro atoms. The van der Waals surface area contributed by atoms with Crippen LogP contribution in [0.15, 0.2) is 48.5 Å². The molecule has 20 heavy (non-hydrogen) atoms. The van der Waals surface area contributed by atoms with Crippen LogP contribution < -0.4 is 5.32 Å². The van der Waals surface area contributed by atoms with Crippen molar-refractivity contribution in [2.75, 3.05) is 0 Å². The molecule has 0 amide bonds. The third kappa shape index (κ3) is 3.64. The molecule has 2 atom stereocenters. The van der Waals surface area contributed by atoms with Crippen LogP contribution in [0.25, 0.3) is 0 Å². The van der Waals surface area contributed by atoms with E-state index in [0.29, 0.717) is 0 Å². The number of benzene rings is 2. The molecule has 2 aromatic carbocycles. The summed E-state index contributed by atoms with van der Waals surface area (Å²) in [7, 11) is 0. The summed E-state index contributed by atoms with van der Waals surface area (Å²) in [5.41, 5.74) is 1.95. The van der Waals surface area contributed by atoms with Crippen LogP contribution in [0.1, 0.15) is 43.5 Å². The zero-order valence-electron chi connectivity index (χ0n) is 11.7. The van der Waals surface area contributed by atoms with Gasteiger partial charge in [-0.2, -0.15) is 0 Å². The molecule has 106 valence electrons. The molecule has 0 fully saturated rings. The molecule has 0 aliphatic carbocycles. The van der Waals surface area contributed by atoms with Gasteiger partial charge in [-0.1, -0.05) is 31.2 Å². The molecule has 0 aromatic heterocycles. The maximum Gasteiger partial charge on any atom is 0.123 e. The number of hydrogen-bond acceptors (Lipinski definition) is 1. The molecule has 0 bridgehead atoms. The Kier molecular flexibility index (Phi) is 4.85. The lowest BCUT2D eigenvalue weighted by atomic mass is 10.0. The molecule has 3 heteroatoms. The van der Waals surface area contributed by atoms with Gasteiger partial charge in [0, 0.05) is 12.1 Å². The minimum absolute atomic E-state index is 0.0284. The van der Waals surface area contributed by atoms with Crippen molar-refractivity contribution in [2.24, 2.45) is 0 Å². The number of hydrogen-bond donors (Lipinski definition) is 1. The number of nitrogens with one attached hydrogen (secondary N) is 1. The summed E-state index contributed by atoms with van der Waals surface area (Å²) in [6, 6.07) is 13.2. The SMILES string of the molecule is CCC(NC(C)c1cccc(F)c1)c1ccc(F)cc1. The van der Waals surface area contributed by atoms with Gasteiger partial charge in [0.1, 0.15) is 11.6 Å². The molecule has 2 aromatic rings. The van der Waals surface area contributed by atoms with E-state index in [1.807, 2.05) is 13.0 Å². The number of rotatable bonds is 5. The van der Waals surface area contributed by atoms with Gasteiger partial charge in [-0.25, -0.2) is 8.78 Å². The fourth-order valence-electron chi connectivity index (χ4n) is 2.32. The monoisotopic (exact) mass is 275 g/mol. The van der Waals surface area contributed by atoms with E-state index in [-0.39, 0.29) is 23.7 Å². The fourth-order valence-corrected chi connectivity index (χ4v) is 2.32. The summed E-state index contributed by atoms with van der Waals surface area (Å²) in [5.74, 6) is -0.465. The second kappa shape index (κ2) is 6.62. The average molecular weight is 275 g/mol. The molecule has 0 aliphatic heterocycles.